The molecule has 1 unspecified atom stereocenters. The summed E-state index contributed by atoms with van der Waals surface area (Å²) in [7, 11) is 1.97. The van der Waals surface area contributed by atoms with Crippen LogP contribution in [-0.2, 0) is 0 Å². The summed E-state index contributed by atoms with van der Waals surface area (Å²) in [5.74, 6) is 0.197. The number of pyridine rings is 1. The number of amides is 1. The van der Waals surface area contributed by atoms with Crippen molar-refractivity contribution in [2.24, 2.45) is 11.7 Å². The zero-order valence-electron chi connectivity index (χ0n) is 10.0. The molecule has 1 aliphatic rings. The van der Waals surface area contributed by atoms with Crippen LogP contribution in [0.2, 0.25) is 0 Å². The third kappa shape index (κ3) is 2.74. The second kappa shape index (κ2) is 5.14. The molecule has 0 aliphatic carbocycles. The van der Waals surface area contributed by atoms with Crippen LogP contribution in [0.25, 0.3) is 0 Å². The lowest BCUT2D eigenvalue weighted by Gasteiger charge is -2.18. The molecule has 1 aromatic rings. The van der Waals surface area contributed by atoms with Gasteiger partial charge in [0.2, 0.25) is 0 Å². The highest BCUT2D eigenvalue weighted by Crippen LogP contribution is 2.23. The summed E-state index contributed by atoms with van der Waals surface area (Å²) < 4.78 is 0. The van der Waals surface area contributed by atoms with E-state index in [9.17, 15) is 4.79 Å². The van der Waals surface area contributed by atoms with Gasteiger partial charge in [0.1, 0.15) is 5.69 Å². The first kappa shape index (κ1) is 11.9. The number of carbonyl (C=O) groups excluding carboxylic acids is 1. The van der Waals surface area contributed by atoms with Crippen LogP contribution in [0.3, 0.4) is 0 Å². The fourth-order valence-electron chi connectivity index (χ4n) is 2.27. The molecule has 1 fully saturated rings. The standard InChI is InChI=1S/C12H18N4O/c1-14-7-9-3-5-16(8-9)10-2-4-15-11(6-10)12(13)17/h2,4,6,9,14H,3,5,7-8H2,1H3,(H2,13,17). The molecule has 1 aromatic heterocycles. The maximum Gasteiger partial charge on any atom is 0.267 e. The highest BCUT2D eigenvalue weighted by molar-refractivity contribution is 5.91. The van der Waals surface area contributed by atoms with Crippen LogP contribution in [0.4, 0.5) is 5.69 Å². The predicted octanol–water partition coefficient (Wildman–Crippen LogP) is 0.226. The van der Waals surface area contributed by atoms with E-state index in [1.54, 1.807) is 12.3 Å². The number of carbonyl (C=O) groups is 1. The first-order chi connectivity index (χ1) is 8.20. The quantitative estimate of drug-likeness (QED) is 0.782. The summed E-state index contributed by atoms with van der Waals surface area (Å²) in [4.78, 5) is 17.3. The van der Waals surface area contributed by atoms with Gasteiger partial charge in [-0.15, -0.1) is 0 Å². The molecule has 1 saturated heterocycles. The van der Waals surface area contributed by atoms with E-state index >= 15 is 0 Å². The molecule has 1 amide bonds. The van der Waals surface area contributed by atoms with Crippen LogP contribution in [0.1, 0.15) is 16.9 Å². The molecule has 1 aliphatic heterocycles. The number of nitrogens with two attached hydrogens (primary N) is 1. The van der Waals surface area contributed by atoms with Crippen LogP contribution < -0.4 is 16.0 Å². The Morgan fingerprint density at radius 1 is 1.71 bits per heavy atom. The SMILES string of the molecule is CNCC1CCN(c2ccnc(C(N)=O)c2)C1. The molecule has 5 heteroatoms. The van der Waals surface area contributed by atoms with E-state index < -0.39 is 5.91 Å². The number of nitrogens with one attached hydrogen (secondary N) is 1. The average Bonchev–Trinajstić information content (AvgIpc) is 2.78. The first-order valence-electron chi connectivity index (χ1n) is 5.86. The van der Waals surface area contributed by atoms with Gasteiger partial charge in [-0.3, -0.25) is 9.78 Å². The molecule has 92 valence electrons. The number of nitrogens with zero attached hydrogens (tertiary/aromatic N) is 2. The Kier molecular flexibility index (Phi) is 3.58. The smallest absolute Gasteiger partial charge is 0.267 e. The molecule has 0 bridgehead atoms. The van der Waals surface area contributed by atoms with Gasteiger partial charge >= 0.3 is 0 Å². The lowest BCUT2D eigenvalue weighted by atomic mass is 10.1. The minimum atomic E-state index is -0.474. The lowest BCUT2D eigenvalue weighted by molar-refractivity contribution is 0.0995. The third-order valence-corrected chi connectivity index (χ3v) is 3.14. The normalized spacial score (nSPS) is 19.6. The van der Waals surface area contributed by atoms with Crippen molar-refractivity contribution >= 4 is 11.6 Å². The van der Waals surface area contributed by atoms with Crippen molar-refractivity contribution in [3.63, 3.8) is 0 Å². The van der Waals surface area contributed by atoms with Crippen molar-refractivity contribution in [2.45, 2.75) is 6.42 Å². The zero-order valence-corrected chi connectivity index (χ0v) is 10.0. The third-order valence-electron chi connectivity index (χ3n) is 3.14. The number of hydrogen-bond acceptors (Lipinski definition) is 4. The number of aromatic nitrogens is 1. The Labute approximate surface area is 101 Å². The van der Waals surface area contributed by atoms with E-state index in [4.69, 9.17) is 5.73 Å². The summed E-state index contributed by atoms with van der Waals surface area (Å²) in [5, 5.41) is 3.20. The van der Waals surface area contributed by atoms with Crippen molar-refractivity contribution < 1.29 is 4.79 Å². The molecular weight excluding hydrogens is 216 g/mol. The van der Waals surface area contributed by atoms with Gasteiger partial charge in [0.05, 0.1) is 0 Å². The van der Waals surface area contributed by atoms with E-state index in [1.807, 2.05) is 13.1 Å². The molecule has 17 heavy (non-hydrogen) atoms. The minimum Gasteiger partial charge on any atom is -0.371 e. The van der Waals surface area contributed by atoms with Gasteiger partial charge in [-0.1, -0.05) is 0 Å². The molecule has 2 rings (SSSR count). The lowest BCUT2D eigenvalue weighted by Crippen LogP contribution is -2.24. The molecule has 5 nitrogen and oxygen atoms in total. The largest absolute Gasteiger partial charge is 0.371 e. The Bertz CT molecular complexity index is 407. The van der Waals surface area contributed by atoms with E-state index in [2.05, 4.69) is 15.2 Å². The monoisotopic (exact) mass is 234 g/mol. The van der Waals surface area contributed by atoms with Crippen LogP contribution in [0.5, 0.6) is 0 Å². The van der Waals surface area contributed by atoms with Crippen LogP contribution >= 0.6 is 0 Å². The Morgan fingerprint density at radius 2 is 2.53 bits per heavy atom. The summed E-state index contributed by atoms with van der Waals surface area (Å²) in [6, 6.07) is 3.69. The maximum absolute atomic E-state index is 11.1. The van der Waals surface area contributed by atoms with Gasteiger partial charge in [-0.05, 0) is 38.1 Å². The summed E-state index contributed by atoms with van der Waals surface area (Å²) in [6.07, 6.45) is 2.82. The van der Waals surface area contributed by atoms with Crippen molar-refractivity contribution in [1.29, 1.82) is 0 Å². The molecule has 0 radical (unpaired) electrons. The first-order valence-corrected chi connectivity index (χ1v) is 5.86. The average molecular weight is 234 g/mol. The Balaban J connectivity index is 2.08. The molecule has 3 N–H and O–H groups in total. The maximum atomic E-state index is 11.1. The molecule has 1 atom stereocenters. The number of primary amides is 1. The summed E-state index contributed by atoms with van der Waals surface area (Å²) in [6.45, 7) is 3.07. The van der Waals surface area contributed by atoms with E-state index in [0.717, 1.165) is 25.3 Å². The fraction of sp³-hybridized carbons (Fsp3) is 0.500. The van der Waals surface area contributed by atoms with Gasteiger partial charge in [0.25, 0.3) is 5.91 Å². The van der Waals surface area contributed by atoms with E-state index in [-0.39, 0.29) is 0 Å². The molecule has 0 spiro atoms. The highest BCUT2D eigenvalue weighted by atomic mass is 16.1. The van der Waals surface area contributed by atoms with Crippen molar-refractivity contribution in [3.05, 3.63) is 24.0 Å². The van der Waals surface area contributed by atoms with Gasteiger partial charge < -0.3 is 16.0 Å². The predicted molar refractivity (Wildman–Crippen MR) is 67.0 cm³/mol. The van der Waals surface area contributed by atoms with Gasteiger partial charge in [-0.2, -0.15) is 0 Å². The van der Waals surface area contributed by atoms with Gasteiger partial charge in [-0.25, -0.2) is 0 Å². The van der Waals surface area contributed by atoms with Crippen molar-refractivity contribution in [3.8, 4) is 0 Å². The molecule has 0 aromatic carbocycles. The van der Waals surface area contributed by atoms with E-state index in [1.165, 1.54) is 6.42 Å². The Hall–Kier alpha value is -1.62. The second-order valence-corrected chi connectivity index (χ2v) is 4.42. The van der Waals surface area contributed by atoms with Gasteiger partial charge in [0, 0.05) is 25.0 Å². The second-order valence-electron chi connectivity index (χ2n) is 4.42. The fourth-order valence-corrected chi connectivity index (χ4v) is 2.27. The zero-order chi connectivity index (χ0) is 12.3. The van der Waals surface area contributed by atoms with Crippen LogP contribution in [-0.4, -0.2) is 37.6 Å². The Morgan fingerprint density at radius 3 is 3.24 bits per heavy atom. The topological polar surface area (TPSA) is 71.2 Å². The molecule has 0 saturated carbocycles. The summed E-state index contributed by atoms with van der Waals surface area (Å²) >= 11 is 0. The van der Waals surface area contributed by atoms with Crippen LogP contribution in [0, 0.1) is 5.92 Å². The number of rotatable bonds is 4. The van der Waals surface area contributed by atoms with Crippen LogP contribution in [0.15, 0.2) is 18.3 Å². The molecular formula is C12H18N4O. The van der Waals surface area contributed by atoms with Gasteiger partial charge in [0.15, 0.2) is 0 Å². The molecule has 2 heterocycles. The minimum absolute atomic E-state index is 0.333. The van der Waals surface area contributed by atoms with Crippen molar-refractivity contribution in [2.75, 3.05) is 31.6 Å². The number of anilines is 1. The summed E-state index contributed by atoms with van der Waals surface area (Å²) in [5.41, 5.74) is 6.59. The highest BCUT2D eigenvalue weighted by Gasteiger charge is 2.22. The van der Waals surface area contributed by atoms with Crippen molar-refractivity contribution in [1.82, 2.24) is 10.3 Å². The van der Waals surface area contributed by atoms with E-state index in [0.29, 0.717) is 11.6 Å². The number of hydrogen-bond donors (Lipinski definition) is 2.